The lowest BCUT2D eigenvalue weighted by Crippen LogP contribution is -2.20. The molecule has 3 rings (SSSR count). The molecule has 0 amide bonds. The highest BCUT2D eigenvalue weighted by molar-refractivity contribution is 6.30. The van der Waals surface area contributed by atoms with E-state index < -0.39 is 0 Å². The topological polar surface area (TPSA) is 46.4 Å². The highest BCUT2D eigenvalue weighted by Gasteiger charge is 2.48. The Hall–Kier alpha value is -1.29. The van der Waals surface area contributed by atoms with E-state index in [-0.39, 0.29) is 10.6 Å². The summed E-state index contributed by atoms with van der Waals surface area (Å²) in [4.78, 5) is 12.8. The van der Waals surface area contributed by atoms with E-state index in [4.69, 9.17) is 11.6 Å². The third-order valence-electron chi connectivity index (χ3n) is 3.87. The molecule has 0 aromatic heterocycles. The van der Waals surface area contributed by atoms with Crippen LogP contribution in [-0.2, 0) is 0 Å². The molecule has 1 spiro atoms. The average molecular weight is 253 g/mol. The summed E-state index contributed by atoms with van der Waals surface area (Å²) in [5.41, 5.74) is 1.30. The molecule has 1 aliphatic heterocycles. The van der Waals surface area contributed by atoms with Crippen molar-refractivity contribution in [2.24, 2.45) is 5.41 Å². The van der Waals surface area contributed by atoms with Crippen LogP contribution in [-0.4, -0.2) is 18.0 Å². The van der Waals surface area contributed by atoms with E-state index in [2.05, 4.69) is 4.90 Å². The first kappa shape index (κ1) is 10.8. The van der Waals surface area contributed by atoms with Gasteiger partial charge in [0.05, 0.1) is 4.92 Å². The van der Waals surface area contributed by atoms with Gasteiger partial charge < -0.3 is 4.90 Å². The van der Waals surface area contributed by atoms with Gasteiger partial charge in [-0.1, -0.05) is 11.6 Å². The molecule has 4 nitrogen and oxygen atoms in total. The molecular formula is C12H13ClN2O2. The van der Waals surface area contributed by atoms with Crippen molar-refractivity contribution >= 4 is 23.0 Å². The van der Waals surface area contributed by atoms with E-state index in [0.717, 1.165) is 19.5 Å². The van der Waals surface area contributed by atoms with Gasteiger partial charge in [0, 0.05) is 24.2 Å². The van der Waals surface area contributed by atoms with Crippen LogP contribution in [0.3, 0.4) is 0 Å². The first-order chi connectivity index (χ1) is 8.10. The fourth-order valence-corrected chi connectivity index (χ4v) is 2.80. The first-order valence-electron chi connectivity index (χ1n) is 5.79. The zero-order chi connectivity index (χ0) is 12.0. The molecule has 1 saturated heterocycles. The fraction of sp³-hybridized carbons (Fsp3) is 0.500. The zero-order valence-electron chi connectivity index (χ0n) is 9.36. The van der Waals surface area contributed by atoms with Crippen LogP contribution in [0.25, 0.3) is 0 Å². The minimum Gasteiger partial charge on any atom is -0.365 e. The number of hydrogen-bond acceptors (Lipinski definition) is 3. The van der Waals surface area contributed by atoms with Gasteiger partial charge in [-0.25, -0.2) is 0 Å². The summed E-state index contributed by atoms with van der Waals surface area (Å²) in [6, 6.07) is 4.93. The number of halogens is 1. The van der Waals surface area contributed by atoms with Gasteiger partial charge in [0.25, 0.3) is 5.69 Å². The quantitative estimate of drug-likeness (QED) is 0.600. The van der Waals surface area contributed by atoms with E-state index in [1.54, 1.807) is 12.1 Å². The monoisotopic (exact) mass is 252 g/mol. The molecule has 1 aliphatic carbocycles. The smallest absolute Gasteiger partial charge is 0.294 e. The van der Waals surface area contributed by atoms with E-state index >= 15 is 0 Å². The summed E-state index contributed by atoms with van der Waals surface area (Å²) in [5, 5.41) is 11.4. The summed E-state index contributed by atoms with van der Waals surface area (Å²) in [6.45, 7) is 1.87. The van der Waals surface area contributed by atoms with Crippen molar-refractivity contribution in [3.8, 4) is 0 Å². The molecular weight excluding hydrogens is 240 g/mol. The molecule has 1 saturated carbocycles. The molecule has 0 unspecified atom stereocenters. The third-order valence-corrected chi connectivity index (χ3v) is 4.11. The van der Waals surface area contributed by atoms with E-state index in [0.29, 0.717) is 16.1 Å². The molecule has 17 heavy (non-hydrogen) atoms. The Balaban J connectivity index is 1.94. The van der Waals surface area contributed by atoms with Crippen molar-refractivity contribution in [2.45, 2.75) is 19.3 Å². The Morgan fingerprint density at radius 3 is 2.71 bits per heavy atom. The highest BCUT2D eigenvalue weighted by Crippen LogP contribution is 2.54. The van der Waals surface area contributed by atoms with Gasteiger partial charge in [0.2, 0.25) is 0 Å². The van der Waals surface area contributed by atoms with Crippen LogP contribution in [0.2, 0.25) is 5.02 Å². The summed E-state index contributed by atoms with van der Waals surface area (Å²) in [7, 11) is 0. The predicted molar refractivity (Wildman–Crippen MR) is 66.6 cm³/mol. The standard InChI is InChI=1S/C12H13ClN2O2/c13-9-1-2-10(11(7-9)15(16)17)14-6-5-12(8-14)3-4-12/h1-2,7H,3-6,8H2. The maximum atomic E-state index is 11.0. The number of hydrogen-bond donors (Lipinski definition) is 0. The SMILES string of the molecule is O=[N+]([O-])c1cc(Cl)ccc1N1CCC2(CC2)C1. The van der Waals surface area contributed by atoms with Crippen molar-refractivity contribution in [1.82, 2.24) is 0 Å². The minimum atomic E-state index is -0.348. The predicted octanol–water partition coefficient (Wildman–Crippen LogP) is 3.24. The number of benzene rings is 1. The first-order valence-corrected chi connectivity index (χ1v) is 6.16. The molecule has 2 fully saturated rings. The Labute approximate surface area is 104 Å². The van der Waals surface area contributed by atoms with Crippen LogP contribution in [0.5, 0.6) is 0 Å². The third kappa shape index (κ3) is 1.86. The molecule has 1 aromatic carbocycles. The summed E-state index contributed by atoms with van der Waals surface area (Å²) < 4.78 is 0. The highest BCUT2D eigenvalue weighted by atomic mass is 35.5. The molecule has 1 aromatic rings. The van der Waals surface area contributed by atoms with Crippen molar-refractivity contribution in [2.75, 3.05) is 18.0 Å². The molecule has 2 aliphatic rings. The Bertz CT molecular complexity index is 485. The summed E-state index contributed by atoms with van der Waals surface area (Å²) in [6.07, 6.45) is 3.70. The van der Waals surface area contributed by atoms with Crippen molar-refractivity contribution in [3.63, 3.8) is 0 Å². The Kier molecular flexibility index (Phi) is 2.30. The van der Waals surface area contributed by atoms with Crippen molar-refractivity contribution in [1.29, 1.82) is 0 Å². The minimum absolute atomic E-state index is 0.121. The van der Waals surface area contributed by atoms with Crippen molar-refractivity contribution in [3.05, 3.63) is 33.3 Å². The van der Waals surface area contributed by atoms with Gasteiger partial charge in [-0.15, -0.1) is 0 Å². The van der Waals surface area contributed by atoms with Gasteiger partial charge >= 0.3 is 0 Å². The Morgan fingerprint density at radius 2 is 2.12 bits per heavy atom. The normalized spacial score (nSPS) is 20.9. The second kappa shape index (κ2) is 3.60. The van der Waals surface area contributed by atoms with Gasteiger partial charge in [-0.05, 0) is 36.8 Å². The number of nitro benzene ring substituents is 1. The molecule has 0 radical (unpaired) electrons. The Morgan fingerprint density at radius 1 is 1.35 bits per heavy atom. The lowest BCUT2D eigenvalue weighted by atomic mass is 10.1. The van der Waals surface area contributed by atoms with Crippen molar-refractivity contribution < 1.29 is 4.92 Å². The second-order valence-corrected chi connectivity index (χ2v) is 5.50. The fourth-order valence-electron chi connectivity index (χ4n) is 2.64. The van der Waals surface area contributed by atoms with Gasteiger partial charge in [0.1, 0.15) is 5.69 Å². The number of nitro groups is 1. The van der Waals surface area contributed by atoms with Crippen LogP contribution < -0.4 is 4.90 Å². The molecule has 0 N–H and O–H groups in total. The lowest BCUT2D eigenvalue weighted by molar-refractivity contribution is -0.384. The van der Waals surface area contributed by atoms with Crippen LogP contribution >= 0.6 is 11.6 Å². The van der Waals surface area contributed by atoms with Gasteiger partial charge in [-0.3, -0.25) is 10.1 Å². The van der Waals surface area contributed by atoms with Gasteiger partial charge in [-0.2, -0.15) is 0 Å². The van der Waals surface area contributed by atoms with Crippen LogP contribution in [0, 0.1) is 15.5 Å². The van der Waals surface area contributed by atoms with E-state index in [1.165, 1.54) is 18.9 Å². The van der Waals surface area contributed by atoms with Crippen LogP contribution in [0.1, 0.15) is 19.3 Å². The average Bonchev–Trinajstić information content (AvgIpc) is 2.90. The van der Waals surface area contributed by atoms with Crippen LogP contribution in [0.15, 0.2) is 18.2 Å². The second-order valence-electron chi connectivity index (χ2n) is 5.06. The summed E-state index contributed by atoms with van der Waals surface area (Å²) in [5.74, 6) is 0. The molecule has 1 heterocycles. The zero-order valence-corrected chi connectivity index (χ0v) is 10.1. The molecule has 0 bridgehead atoms. The largest absolute Gasteiger partial charge is 0.365 e. The molecule has 90 valence electrons. The molecule has 5 heteroatoms. The number of rotatable bonds is 2. The number of nitrogens with zero attached hydrogens (tertiary/aromatic N) is 2. The maximum Gasteiger partial charge on any atom is 0.294 e. The van der Waals surface area contributed by atoms with E-state index in [9.17, 15) is 10.1 Å². The molecule has 0 atom stereocenters. The van der Waals surface area contributed by atoms with Gasteiger partial charge in [0.15, 0.2) is 0 Å². The maximum absolute atomic E-state index is 11.0. The number of anilines is 1. The lowest BCUT2D eigenvalue weighted by Gasteiger charge is -2.18. The van der Waals surface area contributed by atoms with Crippen LogP contribution in [0.4, 0.5) is 11.4 Å². The summed E-state index contributed by atoms with van der Waals surface area (Å²) >= 11 is 5.81. The van der Waals surface area contributed by atoms with E-state index in [1.807, 2.05) is 0 Å².